The third-order valence-electron chi connectivity index (χ3n) is 4.63. The zero-order chi connectivity index (χ0) is 22.5. The smallest absolute Gasteiger partial charge is 0.339 e. The Morgan fingerprint density at radius 3 is 2.45 bits per heavy atom. The molecule has 0 aliphatic rings. The lowest BCUT2D eigenvalue weighted by Crippen LogP contribution is -2.24. The van der Waals surface area contributed by atoms with E-state index in [-0.39, 0.29) is 10.6 Å². The Balaban J connectivity index is 1.71. The van der Waals surface area contributed by atoms with Crippen molar-refractivity contribution in [3.8, 4) is 11.4 Å². The van der Waals surface area contributed by atoms with Crippen LogP contribution in [-0.2, 0) is 0 Å². The number of nitrogens with zero attached hydrogens (tertiary/aromatic N) is 2. The number of carboxylic acid groups (broad SMARTS) is 1. The number of hydrogen-bond donors (Lipinski definition) is 3. The van der Waals surface area contributed by atoms with Crippen molar-refractivity contribution in [1.82, 2.24) is 9.99 Å². The van der Waals surface area contributed by atoms with Crippen molar-refractivity contribution < 1.29 is 19.4 Å². The molecule has 3 aromatic rings. The average molecular weight is 441 g/mol. The largest absolute Gasteiger partial charge is 0.497 e. The van der Waals surface area contributed by atoms with Gasteiger partial charge in [0.15, 0.2) is 0 Å². The van der Waals surface area contributed by atoms with Gasteiger partial charge < -0.3 is 19.7 Å². The fourth-order valence-electron chi connectivity index (χ4n) is 3.13. The maximum atomic E-state index is 12.0. The summed E-state index contributed by atoms with van der Waals surface area (Å²) in [6, 6.07) is 13.1. The van der Waals surface area contributed by atoms with Crippen LogP contribution in [0.3, 0.4) is 0 Å². The summed E-state index contributed by atoms with van der Waals surface area (Å²) in [6.45, 7) is 3.80. The van der Waals surface area contributed by atoms with Crippen LogP contribution in [-0.4, -0.2) is 35.0 Å². The monoisotopic (exact) mass is 440 g/mol. The van der Waals surface area contributed by atoms with Gasteiger partial charge in [-0.25, -0.2) is 15.0 Å². The van der Waals surface area contributed by atoms with E-state index in [1.807, 2.05) is 24.5 Å². The molecule has 1 aromatic heterocycles. The average Bonchev–Trinajstić information content (AvgIpc) is 3.01. The number of carbonyl (C=O) groups excluding carboxylic acids is 1. The number of benzene rings is 2. The first kappa shape index (κ1) is 21.9. The van der Waals surface area contributed by atoms with Gasteiger partial charge in [-0.3, -0.25) is 0 Å². The lowest BCUT2D eigenvalue weighted by molar-refractivity contribution is 0.0697. The van der Waals surface area contributed by atoms with E-state index in [2.05, 4.69) is 15.8 Å². The number of nitrogens with one attached hydrogen (secondary N) is 2. The summed E-state index contributed by atoms with van der Waals surface area (Å²) >= 11 is 6.11. The zero-order valence-electron chi connectivity index (χ0n) is 17.1. The van der Waals surface area contributed by atoms with Gasteiger partial charge in [0.1, 0.15) is 5.75 Å². The standard InChI is InChI=1S/C22H21ClN4O4/c1-13-10-15(12-24-26-22(30)25-16-4-7-18(31-3)8-5-16)14(2)27(13)17-6-9-19(21(28)29)20(23)11-17/h4-12H,1-3H3,(H,28,29)(H2,25,26,30)/b24-12+. The quantitative estimate of drug-likeness (QED) is 0.384. The number of aromatic nitrogens is 1. The first-order chi connectivity index (χ1) is 14.8. The molecule has 0 saturated carbocycles. The molecule has 0 bridgehead atoms. The molecule has 1 heterocycles. The Labute approximate surface area is 184 Å². The molecule has 0 radical (unpaired) electrons. The highest BCUT2D eigenvalue weighted by Crippen LogP contribution is 2.25. The second-order valence-corrected chi connectivity index (χ2v) is 7.09. The van der Waals surface area contributed by atoms with Crippen LogP contribution in [0, 0.1) is 13.8 Å². The van der Waals surface area contributed by atoms with Crippen LogP contribution >= 0.6 is 11.6 Å². The molecule has 2 aromatic carbocycles. The number of halogens is 1. The number of anilines is 1. The summed E-state index contributed by atoms with van der Waals surface area (Å²) in [6.07, 6.45) is 1.54. The normalized spacial score (nSPS) is 10.8. The number of hydrogen-bond acceptors (Lipinski definition) is 4. The lowest BCUT2D eigenvalue weighted by atomic mass is 10.2. The Kier molecular flexibility index (Phi) is 6.61. The van der Waals surface area contributed by atoms with Crippen LogP contribution in [0.4, 0.5) is 10.5 Å². The van der Waals surface area contributed by atoms with Crippen molar-refractivity contribution in [2.24, 2.45) is 5.10 Å². The van der Waals surface area contributed by atoms with Crippen LogP contribution in [0.25, 0.3) is 5.69 Å². The topological polar surface area (TPSA) is 105 Å². The minimum atomic E-state index is -1.08. The maximum Gasteiger partial charge on any atom is 0.339 e. The van der Waals surface area contributed by atoms with E-state index in [9.17, 15) is 9.59 Å². The third-order valence-corrected chi connectivity index (χ3v) is 4.94. The zero-order valence-corrected chi connectivity index (χ0v) is 17.9. The number of carbonyl (C=O) groups is 2. The second kappa shape index (κ2) is 9.36. The maximum absolute atomic E-state index is 12.0. The number of amides is 2. The van der Waals surface area contributed by atoms with Crippen molar-refractivity contribution in [3.63, 3.8) is 0 Å². The number of aromatic carboxylic acids is 1. The molecular weight excluding hydrogens is 420 g/mol. The Bertz CT molecular complexity index is 1150. The molecule has 0 unspecified atom stereocenters. The first-order valence-corrected chi connectivity index (χ1v) is 9.64. The predicted molar refractivity (Wildman–Crippen MR) is 120 cm³/mol. The van der Waals surface area contributed by atoms with E-state index in [4.69, 9.17) is 21.4 Å². The van der Waals surface area contributed by atoms with Crippen LogP contribution in [0.1, 0.15) is 27.3 Å². The summed E-state index contributed by atoms with van der Waals surface area (Å²) in [7, 11) is 1.57. The summed E-state index contributed by atoms with van der Waals surface area (Å²) in [4.78, 5) is 23.2. The highest BCUT2D eigenvalue weighted by atomic mass is 35.5. The van der Waals surface area contributed by atoms with E-state index in [1.54, 1.807) is 49.7 Å². The molecule has 3 N–H and O–H groups in total. The van der Waals surface area contributed by atoms with Crippen molar-refractivity contribution in [2.45, 2.75) is 13.8 Å². The molecule has 0 fully saturated rings. The van der Waals surface area contributed by atoms with E-state index in [0.717, 1.165) is 22.6 Å². The number of carboxylic acids is 1. The number of rotatable bonds is 6. The van der Waals surface area contributed by atoms with Crippen LogP contribution in [0.5, 0.6) is 5.75 Å². The molecule has 2 amide bonds. The molecule has 0 aliphatic heterocycles. The number of aryl methyl sites for hydroxylation is 1. The molecule has 3 rings (SSSR count). The lowest BCUT2D eigenvalue weighted by Gasteiger charge is -2.11. The van der Waals surface area contributed by atoms with Gasteiger partial charge in [0.2, 0.25) is 0 Å². The van der Waals surface area contributed by atoms with Crippen LogP contribution in [0.15, 0.2) is 53.6 Å². The van der Waals surface area contributed by atoms with Gasteiger partial charge in [0.25, 0.3) is 0 Å². The van der Waals surface area contributed by atoms with Gasteiger partial charge in [-0.15, -0.1) is 0 Å². The van der Waals surface area contributed by atoms with Crippen LogP contribution < -0.4 is 15.5 Å². The number of hydrazone groups is 1. The molecule has 0 saturated heterocycles. The highest BCUT2D eigenvalue weighted by Gasteiger charge is 2.13. The fraction of sp³-hybridized carbons (Fsp3) is 0.136. The van der Waals surface area contributed by atoms with E-state index in [0.29, 0.717) is 11.4 Å². The first-order valence-electron chi connectivity index (χ1n) is 9.26. The molecule has 0 aliphatic carbocycles. The van der Waals surface area contributed by atoms with Crippen LogP contribution in [0.2, 0.25) is 5.02 Å². The molecule has 160 valence electrons. The SMILES string of the molecule is COc1ccc(NC(=O)N/N=C/c2cc(C)n(-c3ccc(C(=O)O)c(Cl)c3)c2C)cc1. The molecule has 0 spiro atoms. The van der Waals surface area contributed by atoms with Gasteiger partial charge in [-0.2, -0.15) is 5.10 Å². The van der Waals surface area contributed by atoms with Gasteiger partial charge in [-0.05, 0) is 62.4 Å². The van der Waals surface area contributed by atoms with Crippen molar-refractivity contribution in [3.05, 3.63) is 76.1 Å². The third kappa shape index (κ3) is 5.04. The van der Waals surface area contributed by atoms with Crippen molar-refractivity contribution in [2.75, 3.05) is 12.4 Å². The Morgan fingerprint density at radius 1 is 1.13 bits per heavy atom. The number of methoxy groups -OCH3 is 1. The highest BCUT2D eigenvalue weighted by molar-refractivity contribution is 6.33. The number of ether oxygens (including phenoxy) is 1. The molecule has 31 heavy (non-hydrogen) atoms. The van der Waals surface area contributed by atoms with E-state index < -0.39 is 12.0 Å². The minimum absolute atomic E-state index is 0.0433. The van der Waals surface area contributed by atoms with Gasteiger partial charge >= 0.3 is 12.0 Å². The van der Waals surface area contributed by atoms with Gasteiger partial charge in [0, 0.05) is 28.3 Å². The molecule has 9 heteroatoms. The summed E-state index contributed by atoms with van der Waals surface area (Å²) in [5.41, 5.74) is 6.36. The van der Waals surface area contributed by atoms with E-state index in [1.165, 1.54) is 6.07 Å². The molecule has 0 atom stereocenters. The Morgan fingerprint density at radius 2 is 1.84 bits per heavy atom. The van der Waals surface area contributed by atoms with Crippen molar-refractivity contribution in [1.29, 1.82) is 0 Å². The summed E-state index contributed by atoms with van der Waals surface area (Å²) in [5.74, 6) is -0.387. The Hall–Kier alpha value is -3.78. The molecule has 8 nitrogen and oxygen atoms in total. The van der Waals surface area contributed by atoms with Gasteiger partial charge in [0.05, 0.1) is 23.9 Å². The van der Waals surface area contributed by atoms with E-state index >= 15 is 0 Å². The molecular formula is C22H21ClN4O4. The van der Waals surface area contributed by atoms with Gasteiger partial charge in [-0.1, -0.05) is 11.6 Å². The number of urea groups is 1. The van der Waals surface area contributed by atoms with Crippen molar-refractivity contribution >= 4 is 35.5 Å². The summed E-state index contributed by atoms with van der Waals surface area (Å²) in [5, 5.41) is 16.0. The minimum Gasteiger partial charge on any atom is -0.497 e. The fourth-order valence-corrected chi connectivity index (χ4v) is 3.38. The predicted octanol–water partition coefficient (Wildman–Crippen LogP) is 4.61. The summed E-state index contributed by atoms with van der Waals surface area (Å²) < 4.78 is 7.01. The second-order valence-electron chi connectivity index (χ2n) is 6.68.